The molecule has 6 nitrogen and oxygen atoms in total. The normalized spacial score (nSPS) is 12.4. The van der Waals surface area contributed by atoms with Gasteiger partial charge >= 0.3 is 0 Å². The summed E-state index contributed by atoms with van der Waals surface area (Å²) in [6, 6.07) is 1.70. The van der Waals surface area contributed by atoms with E-state index in [2.05, 4.69) is 20.1 Å². The summed E-state index contributed by atoms with van der Waals surface area (Å²) >= 11 is 0. The van der Waals surface area contributed by atoms with Crippen molar-refractivity contribution in [3.63, 3.8) is 0 Å². The third-order valence-electron chi connectivity index (χ3n) is 2.64. The predicted molar refractivity (Wildman–Crippen MR) is 63.8 cm³/mol. The fourth-order valence-electron chi connectivity index (χ4n) is 1.70. The van der Waals surface area contributed by atoms with Crippen molar-refractivity contribution in [3.05, 3.63) is 24.0 Å². The van der Waals surface area contributed by atoms with Crippen molar-refractivity contribution in [1.29, 1.82) is 0 Å². The van der Waals surface area contributed by atoms with Crippen LogP contribution in [0.3, 0.4) is 0 Å². The van der Waals surface area contributed by atoms with Crippen molar-refractivity contribution in [1.82, 2.24) is 20.1 Å². The molecule has 0 saturated carbocycles. The van der Waals surface area contributed by atoms with Crippen molar-refractivity contribution in [3.8, 4) is 11.5 Å². The Kier molecular flexibility index (Phi) is 3.45. The first-order chi connectivity index (χ1) is 8.61. The lowest BCUT2D eigenvalue weighted by molar-refractivity contribution is -0.119. The summed E-state index contributed by atoms with van der Waals surface area (Å²) in [5.74, 6) is 1.05. The van der Waals surface area contributed by atoms with E-state index in [1.165, 1.54) is 6.92 Å². The van der Waals surface area contributed by atoms with Crippen LogP contribution in [0.15, 0.2) is 16.8 Å². The molecular formula is C12H14N4O2. The van der Waals surface area contributed by atoms with E-state index in [4.69, 9.17) is 4.52 Å². The average molecular weight is 246 g/mol. The molecule has 0 N–H and O–H groups in total. The highest BCUT2D eigenvalue weighted by Crippen LogP contribution is 2.21. The molecule has 2 rings (SSSR count). The van der Waals surface area contributed by atoms with Gasteiger partial charge in [-0.15, -0.1) is 0 Å². The molecule has 2 aromatic heterocycles. The van der Waals surface area contributed by atoms with Gasteiger partial charge in [0.25, 0.3) is 0 Å². The Bertz CT molecular complexity index is 565. The minimum Gasteiger partial charge on any atom is -0.338 e. The highest BCUT2D eigenvalue weighted by molar-refractivity contribution is 5.82. The number of nitrogens with zero attached hydrogens (tertiary/aromatic N) is 4. The first kappa shape index (κ1) is 12.3. The Morgan fingerprint density at radius 2 is 2.22 bits per heavy atom. The van der Waals surface area contributed by atoms with E-state index in [-0.39, 0.29) is 11.7 Å². The molecule has 0 fully saturated rings. The van der Waals surface area contributed by atoms with Gasteiger partial charge in [-0.2, -0.15) is 4.98 Å². The highest BCUT2D eigenvalue weighted by Gasteiger charge is 2.22. The molecule has 0 saturated heterocycles. The molecule has 2 aromatic rings. The third kappa shape index (κ3) is 2.42. The van der Waals surface area contributed by atoms with E-state index in [0.29, 0.717) is 29.7 Å². The number of Topliss-reactive ketones (excluding diaryl/α,β-unsaturated/α-hetero) is 1. The quantitative estimate of drug-likeness (QED) is 0.819. The molecule has 0 radical (unpaired) electrons. The minimum absolute atomic E-state index is 0.0200. The zero-order chi connectivity index (χ0) is 13.1. The van der Waals surface area contributed by atoms with Gasteiger partial charge < -0.3 is 4.52 Å². The number of aryl methyl sites for hydroxylation is 1. The summed E-state index contributed by atoms with van der Waals surface area (Å²) in [5.41, 5.74) is 0.593. The van der Waals surface area contributed by atoms with Crippen molar-refractivity contribution in [2.24, 2.45) is 0 Å². The lowest BCUT2D eigenvalue weighted by Crippen LogP contribution is -2.07. The van der Waals surface area contributed by atoms with E-state index in [1.54, 1.807) is 19.2 Å². The van der Waals surface area contributed by atoms with Crippen molar-refractivity contribution in [2.75, 3.05) is 0 Å². The van der Waals surface area contributed by atoms with Crippen LogP contribution >= 0.6 is 0 Å². The van der Waals surface area contributed by atoms with Gasteiger partial charge in [-0.05, 0) is 26.3 Å². The maximum Gasteiger partial charge on any atom is 0.237 e. The molecule has 0 bridgehead atoms. The van der Waals surface area contributed by atoms with Crippen molar-refractivity contribution >= 4 is 5.78 Å². The largest absolute Gasteiger partial charge is 0.338 e. The maximum atomic E-state index is 11.4. The van der Waals surface area contributed by atoms with Crippen LogP contribution in [0, 0.1) is 6.92 Å². The monoisotopic (exact) mass is 246 g/mol. The number of hydrogen-bond acceptors (Lipinski definition) is 6. The Labute approximate surface area is 104 Å². The molecular weight excluding hydrogens is 232 g/mol. The first-order valence-electron chi connectivity index (χ1n) is 5.76. The van der Waals surface area contributed by atoms with Crippen LogP contribution < -0.4 is 0 Å². The van der Waals surface area contributed by atoms with Gasteiger partial charge in [0.15, 0.2) is 0 Å². The van der Waals surface area contributed by atoms with Crippen LogP contribution in [0.1, 0.15) is 37.9 Å². The lowest BCUT2D eigenvalue weighted by Gasteiger charge is -2.03. The zero-order valence-electron chi connectivity index (χ0n) is 10.5. The van der Waals surface area contributed by atoms with Gasteiger partial charge in [-0.1, -0.05) is 12.1 Å². The molecule has 94 valence electrons. The van der Waals surface area contributed by atoms with Crippen molar-refractivity contribution < 1.29 is 9.32 Å². The van der Waals surface area contributed by atoms with Gasteiger partial charge in [0, 0.05) is 6.20 Å². The van der Waals surface area contributed by atoms with Crippen LogP contribution in [0.4, 0.5) is 0 Å². The SMILES string of the molecule is CCC(C(C)=O)c1nc(-c2ccnc(C)n2)no1. The molecule has 1 atom stereocenters. The topological polar surface area (TPSA) is 81.8 Å². The standard InChI is InChI=1S/C12H14N4O2/c1-4-9(7(2)17)12-15-11(16-18-12)10-5-6-13-8(3)14-10/h5-6,9H,4H2,1-3H3. The smallest absolute Gasteiger partial charge is 0.237 e. The first-order valence-corrected chi connectivity index (χ1v) is 5.76. The molecule has 2 heterocycles. The third-order valence-corrected chi connectivity index (χ3v) is 2.64. The molecule has 0 aromatic carbocycles. The van der Waals surface area contributed by atoms with Gasteiger partial charge in [-0.25, -0.2) is 9.97 Å². The summed E-state index contributed by atoms with van der Waals surface area (Å²) in [6.45, 7) is 5.21. The summed E-state index contributed by atoms with van der Waals surface area (Å²) in [7, 11) is 0. The fourth-order valence-corrected chi connectivity index (χ4v) is 1.70. The molecule has 0 aliphatic heterocycles. The van der Waals surface area contributed by atoms with E-state index in [9.17, 15) is 4.79 Å². The van der Waals surface area contributed by atoms with E-state index < -0.39 is 0 Å². The Morgan fingerprint density at radius 1 is 1.44 bits per heavy atom. The van der Waals surface area contributed by atoms with Gasteiger partial charge in [-0.3, -0.25) is 4.79 Å². The van der Waals surface area contributed by atoms with E-state index in [0.717, 1.165) is 0 Å². The van der Waals surface area contributed by atoms with Crippen LogP contribution in [-0.4, -0.2) is 25.9 Å². The summed E-state index contributed by atoms with van der Waals surface area (Å²) < 4.78 is 5.13. The number of rotatable bonds is 4. The van der Waals surface area contributed by atoms with Gasteiger partial charge in [0.05, 0.1) is 5.92 Å². The maximum absolute atomic E-state index is 11.4. The predicted octanol–water partition coefficient (Wildman–Crippen LogP) is 1.92. The second kappa shape index (κ2) is 5.03. The number of hydrogen-bond donors (Lipinski definition) is 0. The number of carbonyl (C=O) groups excluding carboxylic acids is 1. The second-order valence-corrected chi connectivity index (χ2v) is 4.02. The average Bonchev–Trinajstić information content (AvgIpc) is 2.79. The van der Waals surface area contributed by atoms with Crippen LogP contribution in [0.25, 0.3) is 11.5 Å². The molecule has 6 heteroatoms. The number of aromatic nitrogens is 4. The lowest BCUT2D eigenvalue weighted by atomic mass is 10.0. The van der Waals surface area contributed by atoms with Gasteiger partial charge in [0.1, 0.15) is 17.3 Å². The molecule has 18 heavy (non-hydrogen) atoms. The van der Waals surface area contributed by atoms with Crippen molar-refractivity contribution in [2.45, 2.75) is 33.1 Å². The Hall–Kier alpha value is -2.11. The fraction of sp³-hybridized carbons (Fsp3) is 0.417. The molecule has 1 unspecified atom stereocenters. The Morgan fingerprint density at radius 3 is 2.83 bits per heavy atom. The summed E-state index contributed by atoms with van der Waals surface area (Å²) in [6.07, 6.45) is 2.27. The molecule has 0 aliphatic rings. The van der Waals surface area contributed by atoms with E-state index >= 15 is 0 Å². The zero-order valence-corrected chi connectivity index (χ0v) is 10.5. The van der Waals surface area contributed by atoms with Crippen LogP contribution in [-0.2, 0) is 4.79 Å². The Balaban J connectivity index is 2.33. The number of ketones is 1. The van der Waals surface area contributed by atoms with Crippen LogP contribution in [0.5, 0.6) is 0 Å². The van der Waals surface area contributed by atoms with E-state index in [1.807, 2.05) is 6.92 Å². The van der Waals surface area contributed by atoms with Crippen LogP contribution in [0.2, 0.25) is 0 Å². The number of carbonyl (C=O) groups is 1. The summed E-state index contributed by atoms with van der Waals surface area (Å²) in [5, 5.41) is 3.85. The molecule has 0 aliphatic carbocycles. The summed E-state index contributed by atoms with van der Waals surface area (Å²) in [4.78, 5) is 23.9. The second-order valence-electron chi connectivity index (χ2n) is 4.02. The molecule has 0 amide bonds. The minimum atomic E-state index is -0.339. The van der Waals surface area contributed by atoms with Gasteiger partial charge in [0.2, 0.25) is 11.7 Å². The highest BCUT2D eigenvalue weighted by atomic mass is 16.5. The molecule has 0 spiro atoms.